The highest BCUT2D eigenvalue weighted by atomic mass is 16.5. The van der Waals surface area contributed by atoms with Crippen LogP contribution in [-0.2, 0) is 4.74 Å². The largest absolute Gasteiger partial charge is 0.490 e. The molecular formula is C16H22O3. The zero-order valence-corrected chi connectivity index (χ0v) is 11.9. The summed E-state index contributed by atoms with van der Waals surface area (Å²) in [5, 5.41) is 0. The standard InChI is InChI=1S/C16H22O3/c1-11-4-7-15(10-12(11)2)19-14-8-5-13(6-9-14)16(17)18-3/h5-6,8-9,11-12,15H,4,7,10H2,1-3H3. The summed E-state index contributed by atoms with van der Waals surface area (Å²) in [5.74, 6) is 2.03. The van der Waals surface area contributed by atoms with Gasteiger partial charge in [-0.05, 0) is 55.4 Å². The molecule has 104 valence electrons. The van der Waals surface area contributed by atoms with E-state index in [1.54, 1.807) is 12.1 Å². The summed E-state index contributed by atoms with van der Waals surface area (Å²) >= 11 is 0. The Morgan fingerprint density at radius 2 is 1.79 bits per heavy atom. The fourth-order valence-electron chi connectivity index (χ4n) is 2.59. The summed E-state index contributed by atoms with van der Waals surface area (Å²) in [6, 6.07) is 7.18. The molecule has 3 heteroatoms. The van der Waals surface area contributed by atoms with Gasteiger partial charge in [0.15, 0.2) is 0 Å². The summed E-state index contributed by atoms with van der Waals surface area (Å²) in [6.45, 7) is 4.60. The summed E-state index contributed by atoms with van der Waals surface area (Å²) < 4.78 is 10.7. The predicted octanol–water partition coefficient (Wildman–Crippen LogP) is 3.68. The molecule has 0 amide bonds. The van der Waals surface area contributed by atoms with Crippen LogP contribution in [0.25, 0.3) is 0 Å². The Bertz CT molecular complexity index is 424. The summed E-state index contributed by atoms with van der Waals surface area (Å²) in [5.41, 5.74) is 0.556. The lowest BCUT2D eigenvalue weighted by molar-refractivity contribution is 0.0600. The van der Waals surface area contributed by atoms with Gasteiger partial charge in [-0.1, -0.05) is 13.8 Å². The maximum Gasteiger partial charge on any atom is 0.337 e. The van der Waals surface area contributed by atoms with Crippen molar-refractivity contribution in [3.63, 3.8) is 0 Å². The van der Waals surface area contributed by atoms with E-state index in [0.717, 1.165) is 24.5 Å². The molecule has 3 nitrogen and oxygen atoms in total. The molecule has 0 radical (unpaired) electrons. The Kier molecular flexibility index (Phi) is 4.46. The van der Waals surface area contributed by atoms with Gasteiger partial charge in [-0.15, -0.1) is 0 Å². The maximum absolute atomic E-state index is 11.3. The van der Waals surface area contributed by atoms with E-state index in [1.807, 2.05) is 12.1 Å². The fourth-order valence-corrected chi connectivity index (χ4v) is 2.59. The zero-order chi connectivity index (χ0) is 13.8. The van der Waals surface area contributed by atoms with Crippen molar-refractivity contribution >= 4 is 5.97 Å². The first-order valence-electron chi connectivity index (χ1n) is 6.95. The molecule has 2 rings (SSSR count). The molecular weight excluding hydrogens is 240 g/mol. The molecule has 19 heavy (non-hydrogen) atoms. The van der Waals surface area contributed by atoms with Gasteiger partial charge in [0, 0.05) is 0 Å². The Labute approximate surface area is 114 Å². The number of methoxy groups -OCH3 is 1. The minimum absolute atomic E-state index is 0.301. The second-order valence-electron chi connectivity index (χ2n) is 5.52. The van der Waals surface area contributed by atoms with Gasteiger partial charge in [0.25, 0.3) is 0 Å². The fraction of sp³-hybridized carbons (Fsp3) is 0.562. The molecule has 1 aliphatic carbocycles. The molecule has 0 spiro atoms. The van der Waals surface area contributed by atoms with Gasteiger partial charge in [-0.25, -0.2) is 4.79 Å². The first kappa shape index (κ1) is 13.9. The molecule has 0 N–H and O–H groups in total. The average Bonchev–Trinajstić information content (AvgIpc) is 2.43. The molecule has 1 aromatic rings. The van der Waals surface area contributed by atoms with E-state index >= 15 is 0 Å². The highest BCUT2D eigenvalue weighted by Gasteiger charge is 2.25. The Hall–Kier alpha value is -1.51. The zero-order valence-electron chi connectivity index (χ0n) is 11.9. The summed E-state index contributed by atoms with van der Waals surface area (Å²) in [6.07, 6.45) is 3.76. The number of rotatable bonds is 3. The van der Waals surface area contributed by atoms with Crippen molar-refractivity contribution in [1.82, 2.24) is 0 Å². The predicted molar refractivity (Wildman–Crippen MR) is 74.4 cm³/mol. The maximum atomic E-state index is 11.3. The van der Waals surface area contributed by atoms with Crippen LogP contribution < -0.4 is 4.74 Å². The quantitative estimate of drug-likeness (QED) is 0.779. The van der Waals surface area contributed by atoms with Crippen molar-refractivity contribution in [1.29, 1.82) is 0 Å². The third-order valence-electron chi connectivity index (χ3n) is 4.13. The van der Waals surface area contributed by atoms with Crippen LogP contribution in [0.1, 0.15) is 43.5 Å². The number of carbonyl (C=O) groups is 1. The topological polar surface area (TPSA) is 35.5 Å². The van der Waals surface area contributed by atoms with Crippen LogP contribution in [0.2, 0.25) is 0 Å². The van der Waals surface area contributed by atoms with Crippen LogP contribution in [0.3, 0.4) is 0 Å². The van der Waals surface area contributed by atoms with Crippen molar-refractivity contribution < 1.29 is 14.3 Å². The minimum atomic E-state index is -0.313. The summed E-state index contributed by atoms with van der Waals surface area (Å²) in [7, 11) is 1.39. The van der Waals surface area contributed by atoms with E-state index in [2.05, 4.69) is 18.6 Å². The molecule has 3 atom stereocenters. The lowest BCUT2D eigenvalue weighted by Crippen LogP contribution is -2.28. The van der Waals surface area contributed by atoms with Gasteiger partial charge < -0.3 is 9.47 Å². The van der Waals surface area contributed by atoms with E-state index in [9.17, 15) is 4.79 Å². The van der Waals surface area contributed by atoms with E-state index in [0.29, 0.717) is 17.6 Å². The Morgan fingerprint density at radius 3 is 2.37 bits per heavy atom. The molecule has 1 aliphatic rings. The van der Waals surface area contributed by atoms with E-state index < -0.39 is 0 Å². The number of hydrogen-bond acceptors (Lipinski definition) is 3. The number of ether oxygens (including phenoxy) is 2. The molecule has 3 unspecified atom stereocenters. The van der Waals surface area contributed by atoms with Crippen LogP contribution in [0.4, 0.5) is 0 Å². The van der Waals surface area contributed by atoms with E-state index in [1.165, 1.54) is 13.5 Å². The first-order chi connectivity index (χ1) is 9.10. The number of hydrogen-bond donors (Lipinski definition) is 0. The van der Waals surface area contributed by atoms with Crippen molar-refractivity contribution in [2.24, 2.45) is 11.8 Å². The van der Waals surface area contributed by atoms with Crippen LogP contribution in [0.5, 0.6) is 5.75 Å². The van der Waals surface area contributed by atoms with Gasteiger partial charge in [-0.2, -0.15) is 0 Å². The van der Waals surface area contributed by atoms with Crippen LogP contribution in [-0.4, -0.2) is 19.2 Å². The third kappa shape index (κ3) is 3.49. The molecule has 0 aromatic heterocycles. The van der Waals surface area contributed by atoms with Crippen molar-refractivity contribution in [2.75, 3.05) is 7.11 Å². The molecule has 0 aliphatic heterocycles. The average molecular weight is 262 g/mol. The van der Waals surface area contributed by atoms with Crippen LogP contribution in [0.15, 0.2) is 24.3 Å². The molecule has 1 fully saturated rings. The number of benzene rings is 1. The highest BCUT2D eigenvalue weighted by molar-refractivity contribution is 5.89. The molecule has 1 aromatic carbocycles. The van der Waals surface area contributed by atoms with Crippen LogP contribution >= 0.6 is 0 Å². The Balaban J connectivity index is 1.94. The molecule has 0 saturated heterocycles. The van der Waals surface area contributed by atoms with E-state index in [4.69, 9.17) is 4.74 Å². The van der Waals surface area contributed by atoms with Crippen molar-refractivity contribution in [3.05, 3.63) is 29.8 Å². The van der Waals surface area contributed by atoms with E-state index in [-0.39, 0.29) is 5.97 Å². The first-order valence-corrected chi connectivity index (χ1v) is 6.95. The lowest BCUT2D eigenvalue weighted by Gasteiger charge is -2.32. The third-order valence-corrected chi connectivity index (χ3v) is 4.13. The lowest BCUT2D eigenvalue weighted by atomic mass is 9.80. The van der Waals surface area contributed by atoms with Gasteiger partial charge in [-0.3, -0.25) is 0 Å². The van der Waals surface area contributed by atoms with Crippen molar-refractivity contribution in [3.8, 4) is 5.75 Å². The summed E-state index contributed by atoms with van der Waals surface area (Å²) in [4.78, 5) is 11.3. The van der Waals surface area contributed by atoms with Gasteiger partial charge in [0.2, 0.25) is 0 Å². The minimum Gasteiger partial charge on any atom is -0.490 e. The Morgan fingerprint density at radius 1 is 1.11 bits per heavy atom. The molecule has 0 heterocycles. The monoisotopic (exact) mass is 262 g/mol. The second kappa shape index (κ2) is 6.09. The van der Waals surface area contributed by atoms with Gasteiger partial charge in [0.05, 0.1) is 18.8 Å². The van der Waals surface area contributed by atoms with Crippen molar-refractivity contribution in [2.45, 2.75) is 39.2 Å². The SMILES string of the molecule is COC(=O)c1ccc(OC2CCC(C)C(C)C2)cc1. The van der Waals surface area contributed by atoms with Gasteiger partial charge in [0.1, 0.15) is 5.75 Å². The molecule has 1 saturated carbocycles. The second-order valence-corrected chi connectivity index (χ2v) is 5.52. The normalized spacial score (nSPS) is 26.8. The number of carbonyl (C=O) groups excluding carboxylic acids is 1. The number of esters is 1. The molecule has 0 bridgehead atoms. The smallest absolute Gasteiger partial charge is 0.337 e. The van der Waals surface area contributed by atoms with Gasteiger partial charge >= 0.3 is 5.97 Å². The van der Waals surface area contributed by atoms with Crippen LogP contribution in [0, 0.1) is 11.8 Å². The highest BCUT2D eigenvalue weighted by Crippen LogP contribution is 2.31.